The molecule has 0 aliphatic rings. The highest BCUT2D eigenvalue weighted by molar-refractivity contribution is 5.94. The summed E-state index contributed by atoms with van der Waals surface area (Å²) in [6.45, 7) is 1.91. The van der Waals surface area contributed by atoms with Crippen molar-refractivity contribution in [1.29, 1.82) is 0 Å². The van der Waals surface area contributed by atoms with Gasteiger partial charge in [-0.2, -0.15) is 0 Å². The van der Waals surface area contributed by atoms with Crippen LogP contribution >= 0.6 is 12.4 Å². The van der Waals surface area contributed by atoms with Gasteiger partial charge in [-0.1, -0.05) is 48.5 Å². The lowest BCUT2D eigenvalue weighted by molar-refractivity contribution is -0.122. The fourth-order valence-corrected chi connectivity index (χ4v) is 2.13. The number of nitrogens with two attached hydrogens (primary N) is 1. The van der Waals surface area contributed by atoms with E-state index in [1.54, 1.807) is 19.1 Å². The van der Waals surface area contributed by atoms with Gasteiger partial charge in [0.05, 0.1) is 12.1 Å². The van der Waals surface area contributed by atoms with E-state index < -0.39 is 6.04 Å². The molecular formula is C18H22ClN3O2. The van der Waals surface area contributed by atoms with Crippen LogP contribution in [0.1, 0.15) is 28.9 Å². The number of amides is 2. The molecule has 5 nitrogen and oxygen atoms in total. The summed E-state index contributed by atoms with van der Waals surface area (Å²) in [7, 11) is 0. The van der Waals surface area contributed by atoms with Crippen molar-refractivity contribution < 1.29 is 9.59 Å². The molecule has 128 valence electrons. The van der Waals surface area contributed by atoms with E-state index in [-0.39, 0.29) is 36.8 Å². The van der Waals surface area contributed by atoms with Crippen LogP contribution in [0.25, 0.3) is 0 Å². The Morgan fingerprint density at radius 3 is 2.08 bits per heavy atom. The minimum atomic E-state index is -0.606. The maximum absolute atomic E-state index is 12.2. The molecule has 0 aromatic heterocycles. The third-order valence-corrected chi connectivity index (χ3v) is 3.43. The molecule has 0 fully saturated rings. The number of rotatable bonds is 6. The van der Waals surface area contributed by atoms with Crippen molar-refractivity contribution in [2.75, 3.05) is 6.54 Å². The van der Waals surface area contributed by atoms with Crippen LogP contribution < -0.4 is 16.4 Å². The monoisotopic (exact) mass is 347 g/mol. The highest BCUT2D eigenvalue weighted by atomic mass is 35.5. The standard InChI is InChI=1S/C18H21N3O2.ClH/c1-13(19)17(22)21-16(14-8-4-2-5-9-14)12-20-18(23)15-10-6-3-7-11-15;/h2-11,13,16H,12,19H2,1H3,(H,20,23)(H,21,22);1H/t13?,16-;/m1./s1. The van der Waals surface area contributed by atoms with Gasteiger partial charge in [-0.15, -0.1) is 12.4 Å². The summed E-state index contributed by atoms with van der Waals surface area (Å²) < 4.78 is 0. The third kappa shape index (κ3) is 5.68. The summed E-state index contributed by atoms with van der Waals surface area (Å²) in [5, 5.41) is 5.71. The molecule has 1 unspecified atom stereocenters. The molecule has 2 rings (SSSR count). The first kappa shape index (κ1) is 19.7. The second-order valence-corrected chi connectivity index (χ2v) is 5.34. The summed E-state index contributed by atoms with van der Waals surface area (Å²) in [5.41, 5.74) is 7.10. The van der Waals surface area contributed by atoms with Crippen molar-refractivity contribution >= 4 is 24.2 Å². The van der Waals surface area contributed by atoms with Gasteiger partial charge in [-0.05, 0) is 24.6 Å². The van der Waals surface area contributed by atoms with Gasteiger partial charge in [0.2, 0.25) is 5.91 Å². The summed E-state index contributed by atoms with van der Waals surface area (Å²) >= 11 is 0. The molecule has 6 heteroatoms. The van der Waals surface area contributed by atoms with Crippen LogP contribution in [0.2, 0.25) is 0 Å². The van der Waals surface area contributed by atoms with Crippen LogP contribution in [0.15, 0.2) is 60.7 Å². The SMILES string of the molecule is CC(N)C(=O)N[C@H](CNC(=O)c1ccccc1)c1ccccc1.Cl. The van der Waals surface area contributed by atoms with E-state index in [4.69, 9.17) is 5.73 Å². The lowest BCUT2D eigenvalue weighted by Gasteiger charge is -2.21. The maximum atomic E-state index is 12.2. The molecule has 0 aliphatic heterocycles. The number of benzene rings is 2. The molecule has 0 aliphatic carbocycles. The van der Waals surface area contributed by atoms with Crippen molar-refractivity contribution in [1.82, 2.24) is 10.6 Å². The summed E-state index contributed by atoms with van der Waals surface area (Å²) in [6, 6.07) is 17.5. The van der Waals surface area contributed by atoms with E-state index in [1.165, 1.54) is 0 Å². The smallest absolute Gasteiger partial charge is 0.251 e. The number of nitrogens with one attached hydrogen (secondary N) is 2. The number of hydrogen-bond acceptors (Lipinski definition) is 3. The lowest BCUT2D eigenvalue weighted by Crippen LogP contribution is -2.44. The number of carbonyl (C=O) groups excluding carboxylic acids is 2. The molecule has 2 aromatic carbocycles. The van der Waals surface area contributed by atoms with Crippen LogP contribution in [0.5, 0.6) is 0 Å². The van der Waals surface area contributed by atoms with Crippen molar-refractivity contribution in [3.63, 3.8) is 0 Å². The van der Waals surface area contributed by atoms with E-state index in [9.17, 15) is 9.59 Å². The zero-order chi connectivity index (χ0) is 16.7. The van der Waals surface area contributed by atoms with Crippen LogP contribution in [-0.4, -0.2) is 24.4 Å². The predicted octanol–water partition coefficient (Wildman–Crippen LogP) is 2.04. The lowest BCUT2D eigenvalue weighted by atomic mass is 10.1. The Labute approximate surface area is 148 Å². The first-order valence-electron chi connectivity index (χ1n) is 7.52. The summed E-state index contributed by atoms with van der Waals surface area (Å²) in [6.07, 6.45) is 0. The van der Waals surface area contributed by atoms with Gasteiger partial charge in [0.15, 0.2) is 0 Å². The molecule has 0 heterocycles. The largest absolute Gasteiger partial charge is 0.350 e. The quantitative estimate of drug-likeness (QED) is 0.747. The molecule has 0 spiro atoms. The Bertz CT molecular complexity index is 648. The second-order valence-electron chi connectivity index (χ2n) is 5.34. The molecule has 0 bridgehead atoms. The topological polar surface area (TPSA) is 84.2 Å². The van der Waals surface area contributed by atoms with E-state index >= 15 is 0 Å². The maximum Gasteiger partial charge on any atom is 0.251 e. The van der Waals surface area contributed by atoms with E-state index in [2.05, 4.69) is 10.6 Å². The second kappa shape index (κ2) is 9.70. The average Bonchev–Trinajstić information content (AvgIpc) is 2.59. The van der Waals surface area contributed by atoms with E-state index in [0.29, 0.717) is 5.56 Å². The Balaban J connectivity index is 0.00000288. The fraction of sp³-hybridized carbons (Fsp3) is 0.222. The minimum Gasteiger partial charge on any atom is -0.350 e. The Kier molecular flexibility index (Phi) is 7.95. The number of carbonyl (C=O) groups is 2. The minimum absolute atomic E-state index is 0. The van der Waals surface area contributed by atoms with Crippen LogP contribution in [0, 0.1) is 0 Å². The summed E-state index contributed by atoms with van der Waals surface area (Å²) in [5.74, 6) is -0.436. The molecule has 24 heavy (non-hydrogen) atoms. The summed E-state index contributed by atoms with van der Waals surface area (Å²) in [4.78, 5) is 24.0. The molecule has 0 radical (unpaired) electrons. The molecule has 4 N–H and O–H groups in total. The van der Waals surface area contributed by atoms with Gasteiger partial charge in [-0.25, -0.2) is 0 Å². The molecule has 2 atom stereocenters. The van der Waals surface area contributed by atoms with Crippen molar-refractivity contribution in [3.05, 3.63) is 71.8 Å². The van der Waals surface area contributed by atoms with Gasteiger partial charge >= 0.3 is 0 Å². The Morgan fingerprint density at radius 2 is 1.54 bits per heavy atom. The Morgan fingerprint density at radius 1 is 1.00 bits per heavy atom. The zero-order valence-corrected chi connectivity index (χ0v) is 14.3. The molecule has 0 saturated heterocycles. The van der Waals surface area contributed by atoms with Crippen LogP contribution in [-0.2, 0) is 4.79 Å². The Hall–Kier alpha value is -2.37. The third-order valence-electron chi connectivity index (χ3n) is 3.43. The van der Waals surface area contributed by atoms with Gasteiger partial charge in [0, 0.05) is 12.1 Å². The number of hydrogen-bond donors (Lipinski definition) is 3. The highest BCUT2D eigenvalue weighted by Gasteiger charge is 2.17. The average molecular weight is 348 g/mol. The van der Waals surface area contributed by atoms with Crippen molar-refractivity contribution in [2.24, 2.45) is 5.73 Å². The molecule has 2 aromatic rings. The van der Waals surface area contributed by atoms with Crippen LogP contribution in [0.3, 0.4) is 0 Å². The molecule has 0 saturated carbocycles. The van der Waals surface area contributed by atoms with Crippen LogP contribution in [0.4, 0.5) is 0 Å². The van der Waals surface area contributed by atoms with E-state index in [1.807, 2.05) is 48.5 Å². The molecule has 2 amide bonds. The van der Waals surface area contributed by atoms with E-state index in [0.717, 1.165) is 5.56 Å². The first-order chi connectivity index (χ1) is 11.1. The van der Waals surface area contributed by atoms with Crippen molar-refractivity contribution in [3.8, 4) is 0 Å². The molecular weight excluding hydrogens is 326 g/mol. The highest BCUT2D eigenvalue weighted by Crippen LogP contribution is 2.12. The number of halogens is 1. The normalized spacial score (nSPS) is 12.4. The van der Waals surface area contributed by atoms with Gasteiger partial charge in [0.25, 0.3) is 5.91 Å². The van der Waals surface area contributed by atoms with Crippen molar-refractivity contribution in [2.45, 2.75) is 19.0 Å². The fourth-order valence-electron chi connectivity index (χ4n) is 2.13. The zero-order valence-electron chi connectivity index (χ0n) is 13.4. The first-order valence-corrected chi connectivity index (χ1v) is 7.52. The van der Waals surface area contributed by atoms with Gasteiger partial charge in [0.1, 0.15) is 0 Å². The predicted molar refractivity (Wildman–Crippen MR) is 97.0 cm³/mol. The van der Waals surface area contributed by atoms with Gasteiger partial charge in [-0.3, -0.25) is 9.59 Å². The van der Waals surface area contributed by atoms with Gasteiger partial charge < -0.3 is 16.4 Å².